The van der Waals surface area contributed by atoms with Gasteiger partial charge < -0.3 is 4.74 Å². The average Bonchev–Trinajstić information content (AvgIpc) is 2.60. The fourth-order valence-electron chi connectivity index (χ4n) is 2.52. The highest BCUT2D eigenvalue weighted by Crippen LogP contribution is 2.22. The van der Waals surface area contributed by atoms with Gasteiger partial charge in [-0.05, 0) is 48.6 Å². The van der Waals surface area contributed by atoms with Gasteiger partial charge in [0.15, 0.2) is 5.78 Å². The molecule has 0 N–H and O–H groups in total. The maximum atomic E-state index is 11.8. The van der Waals surface area contributed by atoms with Crippen molar-refractivity contribution >= 4 is 5.78 Å². The zero-order chi connectivity index (χ0) is 16.5. The van der Waals surface area contributed by atoms with Crippen molar-refractivity contribution in [2.24, 2.45) is 0 Å². The van der Waals surface area contributed by atoms with Gasteiger partial charge in [-0.25, -0.2) is 0 Å². The Bertz CT molecular complexity index is 644. The summed E-state index contributed by atoms with van der Waals surface area (Å²) in [4.78, 5) is 11.8. The molecule has 120 valence electrons. The molecule has 2 aromatic rings. The van der Waals surface area contributed by atoms with Gasteiger partial charge in [-0.1, -0.05) is 43.3 Å². The Hall–Kier alpha value is -2.35. The number of hydrogen-bond acceptors (Lipinski definition) is 2. The summed E-state index contributed by atoms with van der Waals surface area (Å²) in [5.74, 6) is 1.01. The Balaban J connectivity index is 1.95. The molecule has 0 aliphatic heterocycles. The molecule has 0 aliphatic rings. The van der Waals surface area contributed by atoms with E-state index in [9.17, 15) is 4.79 Å². The molecule has 2 heteroatoms. The van der Waals surface area contributed by atoms with Crippen molar-refractivity contribution in [2.75, 3.05) is 6.61 Å². The number of rotatable bonds is 9. The molecule has 0 saturated heterocycles. The highest BCUT2D eigenvalue weighted by Gasteiger charge is 2.08. The van der Waals surface area contributed by atoms with Crippen LogP contribution in [0.5, 0.6) is 5.75 Å². The van der Waals surface area contributed by atoms with Crippen molar-refractivity contribution < 1.29 is 9.53 Å². The van der Waals surface area contributed by atoms with Crippen molar-refractivity contribution in [3.05, 3.63) is 77.9 Å². The van der Waals surface area contributed by atoms with Gasteiger partial charge in [-0.15, -0.1) is 6.58 Å². The zero-order valence-electron chi connectivity index (χ0n) is 13.8. The van der Waals surface area contributed by atoms with Gasteiger partial charge in [-0.2, -0.15) is 0 Å². The molecule has 0 radical (unpaired) electrons. The lowest BCUT2D eigenvalue weighted by Gasteiger charge is -2.12. The van der Waals surface area contributed by atoms with Crippen LogP contribution < -0.4 is 4.74 Å². The van der Waals surface area contributed by atoms with E-state index in [0.717, 1.165) is 29.7 Å². The minimum absolute atomic E-state index is 0.158. The first-order valence-electron chi connectivity index (χ1n) is 8.18. The summed E-state index contributed by atoms with van der Waals surface area (Å²) in [5.41, 5.74) is 3.10. The van der Waals surface area contributed by atoms with E-state index < -0.39 is 0 Å². The molecule has 2 nitrogen and oxygen atoms in total. The number of ketones is 1. The van der Waals surface area contributed by atoms with E-state index in [1.54, 1.807) is 0 Å². The van der Waals surface area contributed by atoms with E-state index in [1.807, 2.05) is 37.3 Å². The topological polar surface area (TPSA) is 26.3 Å². The third-order valence-electron chi connectivity index (χ3n) is 3.78. The lowest BCUT2D eigenvalue weighted by Crippen LogP contribution is -2.04. The Kier molecular flexibility index (Phi) is 6.61. The van der Waals surface area contributed by atoms with Crippen molar-refractivity contribution in [1.82, 2.24) is 0 Å². The molecule has 0 aromatic heterocycles. The Morgan fingerprint density at radius 2 is 1.96 bits per heavy atom. The van der Waals surface area contributed by atoms with Crippen LogP contribution in [0, 0.1) is 0 Å². The average molecular weight is 308 g/mol. The Morgan fingerprint density at radius 3 is 2.65 bits per heavy atom. The Morgan fingerprint density at radius 1 is 1.17 bits per heavy atom. The summed E-state index contributed by atoms with van der Waals surface area (Å²) in [5, 5.41) is 0. The predicted octanol–water partition coefficient (Wildman–Crippen LogP) is 5.02. The molecule has 0 unspecified atom stereocenters. The number of Topliss-reactive ketones (excluding diaryl/α,β-unsaturated/α-hetero) is 1. The van der Waals surface area contributed by atoms with Gasteiger partial charge in [0.05, 0.1) is 6.61 Å². The quantitative estimate of drug-likeness (QED) is 0.369. The summed E-state index contributed by atoms with van der Waals surface area (Å²) < 4.78 is 5.92. The van der Waals surface area contributed by atoms with Crippen LogP contribution >= 0.6 is 0 Å². The maximum absolute atomic E-state index is 11.8. The van der Waals surface area contributed by atoms with Gasteiger partial charge >= 0.3 is 0 Å². The molecule has 0 amide bonds. The van der Waals surface area contributed by atoms with Gasteiger partial charge in [0.25, 0.3) is 0 Å². The fourth-order valence-corrected chi connectivity index (χ4v) is 2.52. The third-order valence-corrected chi connectivity index (χ3v) is 3.78. The smallest absolute Gasteiger partial charge is 0.162 e. The van der Waals surface area contributed by atoms with Crippen LogP contribution in [-0.2, 0) is 12.8 Å². The normalized spacial score (nSPS) is 10.3. The van der Waals surface area contributed by atoms with E-state index in [0.29, 0.717) is 19.4 Å². The van der Waals surface area contributed by atoms with Crippen LogP contribution in [-0.4, -0.2) is 12.4 Å². The molecule has 23 heavy (non-hydrogen) atoms. The molecule has 0 heterocycles. The van der Waals surface area contributed by atoms with Crippen LogP contribution in [0.2, 0.25) is 0 Å². The first-order valence-corrected chi connectivity index (χ1v) is 8.18. The number of hydrogen-bond donors (Lipinski definition) is 0. The van der Waals surface area contributed by atoms with Crippen molar-refractivity contribution in [3.63, 3.8) is 0 Å². The first-order chi connectivity index (χ1) is 11.2. The van der Waals surface area contributed by atoms with Gasteiger partial charge in [-0.3, -0.25) is 4.79 Å². The van der Waals surface area contributed by atoms with Crippen LogP contribution in [0.3, 0.4) is 0 Å². The molecular formula is C21H24O2. The van der Waals surface area contributed by atoms with E-state index in [-0.39, 0.29) is 5.78 Å². The van der Waals surface area contributed by atoms with E-state index in [2.05, 4.69) is 30.8 Å². The summed E-state index contributed by atoms with van der Waals surface area (Å²) >= 11 is 0. The maximum Gasteiger partial charge on any atom is 0.162 e. The second-order valence-corrected chi connectivity index (χ2v) is 5.53. The molecular weight excluding hydrogens is 284 g/mol. The van der Waals surface area contributed by atoms with Crippen molar-refractivity contribution in [2.45, 2.75) is 32.6 Å². The fraction of sp³-hybridized carbons (Fsp3) is 0.286. The lowest BCUT2D eigenvalue weighted by atomic mass is 10.0. The second kappa shape index (κ2) is 8.94. The SMILES string of the molecule is C=CCc1cc(C(=O)CC)ccc1OCCCc1ccccc1. The number of ether oxygens (including phenoxy) is 1. The lowest BCUT2D eigenvalue weighted by molar-refractivity contribution is 0.0988. The van der Waals surface area contributed by atoms with Crippen LogP contribution in [0.4, 0.5) is 0 Å². The summed E-state index contributed by atoms with van der Waals surface area (Å²) in [6, 6.07) is 16.1. The Labute approximate surface area is 138 Å². The minimum Gasteiger partial charge on any atom is -0.493 e. The minimum atomic E-state index is 0.158. The summed E-state index contributed by atoms with van der Waals surface area (Å²) in [6.45, 7) is 6.33. The van der Waals surface area contributed by atoms with E-state index in [1.165, 1.54) is 5.56 Å². The van der Waals surface area contributed by atoms with Crippen LogP contribution in [0.25, 0.3) is 0 Å². The van der Waals surface area contributed by atoms with Gasteiger partial charge in [0.2, 0.25) is 0 Å². The second-order valence-electron chi connectivity index (χ2n) is 5.53. The molecule has 0 aliphatic carbocycles. The van der Waals surface area contributed by atoms with Crippen LogP contribution in [0.1, 0.15) is 41.3 Å². The molecule has 0 bridgehead atoms. The number of allylic oxidation sites excluding steroid dienone is 1. The molecule has 2 rings (SSSR count). The molecule has 0 atom stereocenters. The summed E-state index contributed by atoms with van der Waals surface area (Å²) in [6.07, 6.45) is 5.03. The molecule has 0 spiro atoms. The first kappa shape index (κ1) is 17.0. The summed E-state index contributed by atoms with van der Waals surface area (Å²) in [7, 11) is 0. The third kappa shape index (κ3) is 5.10. The highest BCUT2D eigenvalue weighted by molar-refractivity contribution is 5.96. The highest BCUT2D eigenvalue weighted by atomic mass is 16.5. The van der Waals surface area contributed by atoms with Crippen LogP contribution in [0.15, 0.2) is 61.2 Å². The van der Waals surface area contributed by atoms with E-state index >= 15 is 0 Å². The molecule has 2 aromatic carbocycles. The number of aryl methyl sites for hydroxylation is 1. The van der Waals surface area contributed by atoms with Gasteiger partial charge in [0, 0.05) is 12.0 Å². The number of carbonyl (C=O) groups excluding carboxylic acids is 1. The monoisotopic (exact) mass is 308 g/mol. The largest absolute Gasteiger partial charge is 0.493 e. The van der Waals surface area contributed by atoms with E-state index in [4.69, 9.17) is 4.74 Å². The molecule has 0 fully saturated rings. The number of benzene rings is 2. The molecule has 0 saturated carbocycles. The zero-order valence-corrected chi connectivity index (χ0v) is 13.8. The number of carbonyl (C=O) groups is 1. The van der Waals surface area contributed by atoms with Crippen molar-refractivity contribution in [3.8, 4) is 5.75 Å². The van der Waals surface area contributed by atoms with Gasteiger partial charge in [0.1, 0.15) is 5.75 Å². The predicted molar refractivity (Wildman–Crippen MR) is 95.2 cm³/mol. The standard InChI is InChI=1S/C21H24O2/c1-3-9-19-16-18(20(22)4-2)13-14-21(19)23-15-8-12-17-10-6-5-7-11-17/h3,5-7,10-11,13-14,16H,1,4,8-9,12,15H2,2H3. The van der Waals surface area contributed by atoms with Crippen molar-refractivity contribution in [1.29, 1.82) is 0 Å².